The summed E-state index contributed by atoms with van der Waals surface area (Å²) in [6.45, 7) is 2.75. The zero-order valence-electron chi connectivity index (χ0n) is 16.9. The topological polar surface area (TPSA) is 54.3 Å². The molecular formula is C23H24BrN3O2S. The molecule has 3 aromatic rings. The normalized spacial score (nSPS) is 21.9. The van der Waals surface area contributed by atoms with E-state index in [9.17, 15) is 9.59 Å². The Kier molecular flexibility index (Phi) is 4.98. The fourth-order valence-corrected chi connectivity index (χ4v) is 5.96. The number of benzene rings is 1. The van der Waals surface area contributed by atoms with Gasteiger partial charge in [0.15, 0.2) is 0 Å². The minimum Gasteiger partial charge on any atom is -0.351 e. The minimum absolute atomic E-state index is 0.0578. The number of nitrogens with one attached hydrogen (secondary N) is 1. The summed E-state index contributed by atoms with van der Waals surface area (Å²) in [4.78, 5) is 29.0. The second-order valence-electron chi connectivity index (χ2n) is 8.50. The van der Waals surface area contributed by atoms with Crippen molar-refractivity contribution in [3.8, 4) is 0 Å². The SMILES string of the molecule is C[C@@]1(C(=O)NC2CCCC2)Cn2c(cc3sccc32)C(=O)N1Cc1ccccc1Br. The maximum Gasteiger partial charge on any atom is 0.271 e. The maximum absolute atomic E-state index is 13.7. The van der Waals surface area contributed by atoms with E-state index in [4.69, 9.17) is 0 Å². The highest BCUT2D eigenvalue weighted by Gasteiger charge is 2.48. The van der Waals surface area contributed by atoms with Crippen LogP contribution in [0.15, 0.2) is 46.3 Å². The number of thiophene rings is 1. The standard InChI is InChI=1S/C23H24BrN3O2S/c1-23(22(29)25-16-7-3-4-8-16)14-26-18-10-11-30-20(18)12-19(26)21(28)27(23)13-15-6-2-5-9-17(15)24/h2,5-6,9-12,16H,3-4,7-8,13-14H2,1H3,(H,25,29)/t23-/m0/s1. The van der Waals surface area contributed by atoms with Crippen LogP contribution in [0.2, 0.25) is 0 Å². The predicted molar refractivity (Wildman–Crippen MR) is 123 cm³/mol. The van der Waals surface area contributed by atoms with Gasteiger partial charge in [-0.15, -0.1) is 11.3 Å². The summed E-state index contributed by atoms with van der Waals surface area (Å²) < 4.78 is 4.05. The Morgan fingerprint density at radius 1 is 1.27 bits per heavy atom. The van der Waals surface area contributed by atoms with Gasteiger partial charge in [0.05, 0.1) is 16.8 Å². The van der Waals surface area contributed by atoms with Gasteiger partial charge in [-0.3, -0.25) is 9.59 Å². The third kappa shape index (κ3) is 3.19. The summed E-state index contributed by atoms with van der Waals surface area (Å²) in [5.74, 6) is -0.151. The number of hydrogen-bond acceptors (Lipinski definition) is 3. The Morgan fingerprint density at radius 3 is 2.80 bits per heavy atom. The summed E-state index contributed by atoms with van der Waals surface area (Å²) in [6.07, 6.45) is 4.34. The van der Waals surface area contributed by atoms with Crippen LogP contribution in [0, 0.1) is 0 Å². The van der Waals surface area contributed by atoms with Gasteiger partial charge in [0.2, 0.25) is 5.91 Å². The van der Waals surface area contributed by atoms with Gasteiger partial charge >= 0.3 is 0 Å². The number of hydrogen-bond donors (Lipinski definition) is 1. The zero-order chi connectivity index (χ0) is 20.9. The maximum atomic E-state index is 13.7. The van der Waals surface area contributed by atoms with Crippen molar-refractivity contribution in [3.63, 3.8) is 0 Å². The van der Waals surface area contributed by atoms with E-state index in [-0.39, 0.29) is 17.9 Å². The van der Waals surface area contributed by atoms with Crippen LogP contribution in [0.1, 0.15) is 48.7 Å². The number of aromatic nitrogens is 1. The lowest BCUT2D eigenvalue weighted by Gasteiger charge is -2.44. The molecule has 5 rings (SSSR count). The number of carbonyl (C=O) groups excluding carboxylic acids is 2. The number of fused-ring (bicyclic) bond motifs is 3. The molecule has 0 spiro atoms. The van der Waals surface area contributed by atoms with Crippen molar-refractivity contribution < 1.29 is 9.59 Å². The van der Waals surface area contributed by atoms with Gasteiger partial charge in [-0.05, 0) is 48.9 Å². The summed E-state index contributed by atoms with van der Waals surface area (Å²) in [5.41, 5.74) is 1.72. The number of amides is 2. The lowest BCUT2D eigenvalue weighted by molar-refractivity contribution is -0.133. The van der Waals surface area contributed by atoms with Crippen LogP contribution in [0.25, 0.3) is 10.2 Å². The molecular weight excluding hydrogens is 462 g/mol. The molecule has 3 heterocycles. The largest absolute Gasteiger partial charge is 0.351 e. The third-order valence-electron chi connectivity index (χ3n) is 6.51. The molecule has 1 saturated carbocycles. The third-order valence-corrected chi connectivity index (χ3v) is 8.14. The molecule has 30 heavy (non-hydrogen) atoms. The molecule has 2 aliphatic rings. The molecule has 2 amide bonds. The van der Waals surface area contributed by atoms with Crippen molar-refractivity contribution in [1.29, 1.82) is 0 Å². The summed E-state index contributed by atoms with van der Waals surface area (Å²) in [5, 5.41) is 5.28. The van der Waals surface area contributed by atoms with Crippen LogP contribution >= 0.6 is 27.3 Å². The Labute approximate surface area is 188 Å². The lowest BCUT2D eigenvalue weighted by Crippen LogP contribution is -2.64. The molecule has 0 unspecified atom stereocenters. The monoisotopic (exact) mass is 485 g/mol. The molecule has 0 saturated heterocycles. The molecule has 0 bridgehead atoms. The minimum atomic E-state index is -0.962. The fourth-order valence-electron chi connectivity index (χ4n) is 4.73. The van der Waals surface area contributed by atoms with Crippen LogP contribution in [0.4, 0.5) is 0 Å². The molecule has 1 atom stereocenters. The molecule has 1 N–H and O–H groups in total. The molecule has 0 radical (unpaired) electrons. The van der Waals surface area contributed by atoms with Gasteiger partial charge in [0.1, 0.15) is 11.2 Å². The Bertz CT molecular complexity index is 1130. The highest BCUT2D eigenvalue weighted by molar-refractivity contribution is 9.10. The van der Waals surface area contributed by atoms with E-state index >= 15 is 0 Å². The van der Waals surface area contributed by atoms with Crippen molar-refractivity contribution in [2.45, 2.75) is 57.3 Å². The smallest absolute Gasteiger partial charge is 0.271 e. The molecule has 156 valence electrons. The molecule has 1 fully saturated rings. The van der Waals surface area contributed by atoms with Crippen molar-refractivity contribution in [2.24, 2.45) is 0 Å². The van der Waals surface area contributed by atoms with Gasteiger partial charge in [-0.2, -0.15) is 0 Å². The van der Waals surface area contributed by atoms with Gasteiger partial charge in [-0.25, -0.2) is 0 Å². The van der Waals surface area contributed by atoms with Gasteiger partial charge in [0, 0.05) is 17.1 Å². The first kappa shape index (κ1) is 19.8. The average Bonchev–Trinajstić information content (AvgIpc) is 3.45. The Morgan fingerprint density at radius 2 is 2.03 bits per heavy atom. The van der Waals surface area contributed by atoms with Crippen molar-refractivity contribution in [2.75, 3.05) is 0 Å². The number of carbonyl (C=O) groups is 2. The Hall–Kier alpha value is -2.12. The van der Waals surface area contributed by atoms with Gasteiger partial charge in [0.25, 0.3) is 5.91 Å². The summed E-state index contributed by atoms with van der Waals surface area (Å²) in [6, 6.07) is 12.1. The Balaban J connectivity index is 1.57. The quantitative estimate of drug-likeness (QED) is 0.568. The van der Waals surface area contributed by atoms with E-state index in [2.05, 4.69) is 21.2 Å². The van der Waals surface area contributed by atoms with Crippen LogP contribution in [0.5, 0.6) is 0 Å². The first-order chi connectivity index (χ1) is 14.5. The number of halogens is 1. The van der Waals surface area contributed by atoms with Crippen molar-refractivity contribution >= 4 is 49.3 Å². The molecule has 2 aromatic heterocycles. The van der Waals surface area contributed by atoms with Crippen molar-refractivity contribution in [3.05, 3.63) is 57.5 Å². The summed E-state index contributed by atoms with van der Waals surface area (Å²) >= 11 is 5.23. The second kappa shape index (κ2) is 7.54. The molecule has 5 nitrogen and oxygen atoms in total. The van der Waals surface area contributed by atoms with E-state index in [0.29, 0.717) is 18.8 Å². The highest BCUT2D eigenvalue weighted by Crippen LogP contribution is 2.36. The van der Waals surface area contributed by atoms with E-state index in [1.165, 1.54) is 0 Å². The van der Waals surface area contributed by atoms with Gasteiger partial charge < -0.3 is 14.8 Å². The van der Waals surface area contributed by atoms with Crippen LogP contribution in [-0.4, -0.2) is 32.9 Å². The zero-order valence-corrected chi connectivity index (χ0v) is 19.3. The lowest BCUT2D eigenvalue weighted by atomic mass is 9.93. The number of rotatable bonds is 4. The predicted octanol–water partition coefficient (Wildman–Crippen LogP) is 4.94. The second-order valence-corrected chi connectivity index (χ2v) is 10.3. The van der Waals surface area contributed by atoms with Crippen LogP contribution in [0.3, 0.4) is 0 Å². The molecule has 7 heteroatoms. The first-order valence-corrected chi connectivity index (χ1v) is 12.1. The summed E-state index contributed by atoms with van der Waals surface area (Å²) in [7, 11) is 0. The first-order valence-electron chi connectivity index (χ1n) is 10.4. The average molecular weight is 486 g/mol. The van der Waals surface area contributed by atoms with Crippen LogP contribution in [-0.2, 0) is 17.9 Å². The van der Waals surface area contributed by atoms with E-state index in [1.807, 2.05) is 53.3 Å². The van der Waals surface area contributed by atoms with E-state index in [1.54, 1.807) is 16.2 Å². The van der Waals surface area contributed by atoms with Crippen molar-refractivity contribution in [1.82, 2.24) is 14.8 Å². The molecule has 1 aromatic carbocycles. The number of nitrogens with zero attached hydrogens (tertiary/aromatic N) is 2. The van der Waals surface area contributed by atoms with E-state index < -0.39 is 5.54 Å². The van der Waals surface area contributed by atoms with Crippen LogP contribution < -0.4 is 5.32 Å². The van der Waals surface area contributed by atoms with Gasteiger partial charge in [-0.1, -0.05) is 47.0 Å². The fraction of sp³-hybridized carbons (Fsp3) is 0.391. The molecule has 1 aliphatic heterocycles. The van der Waals surface area contributed by atoms with E-state index in [0.717, 1.165) is 45.9 Å². The highest BCUT2D eigenvalue weighted by atomic mass is 79.9. The molecule has 1 aliphatic carbocycles.